The quantitative estimate of drug-likeness (QED) is 0.754. The van der Waals surface area contributed by atoms with Gasteiger partial charge >= 0.3 is 0 Å². The molecule has 0 radical (unpaired) electrons. The van der Waals surface area contributed by atoms with Crippen LogP contribution in [0.2, 0.25) is 0 Å². The first-order valence-corrected chi connectivity index (χ1v) is 6.87. The van der Waals surface area contributed by atoms with Crippen molar-refractivity contribution in [3.8, 4) is 5.75 Å². The molecule has 1 saturated heterocycles. The molecule has 0 aliphatic carbocycles. The van der Waals surface area contributed by atoms with Gasteiger partial charge in [-0.1, -0.05) is 12.1 Å². The maximum atomic E-state index is 12.2. The van der Waals surface area contributed by atoms with Crippen LogP contribution in [0.3, 0.4) is 0 Å². The van der Waals surface area contributed by atoms with Crippen LogP contribution in [0.1, 0.15) is 11.5 Å². The number of hydrogen-bond acceptors (Lipinski definition) is 4. The van der Waals surface area contributed by atoms with Crippen molar-refractivity contribution in [2.75, 3.05) is 40.5 Å². The van der Waals surface area contributed by atoms with Gasteiger partial charge in [0.2, 0.25) is 5.91 Å². The molecular formula is C15H22N2O3. The van der Waals surface area contributed by atoms with E-state index in [0.717, 1.165) is 18.8 Å². The van der Waals surface area contributed by atoms with E-state index >= 15 is 0 Å². The second kappa shape index (κ2) is 7.26. The van der Waals surface area contributed by atoms with Gasteiger partial charge in [0.1, 0.15) is 5.75 Å². The highest BCUT2D eigenvalue weighted by molar-refractivity contribution is 5.80. The predicted molar refractivity (Wildman–Crippen MR) is 77.0 cm³/mol. The van der Waals surface area contributed by atoms with E-state index in [9.17, 15) is 4.79 Å². The summed E-state index contributed by atoms with van der Waals surface area (Å²) in [7, 11) is 3.28. The molecule has 20 heavy (non-hydrogen) atoms. The summed E-state index contributed by atoms with van der Waals surface area (Å²) in [6.07, 6.45) is 0. The molecule has 110 valence electrons. The third kappa shape index (κ3) is 3.49. The molecule has 1 heterocycles. The Morgan fingerprint density at radius 3 is 2.70 bits per heavy atom. The molecule has 2 N–H and O–H groups in total. The lowest BCUT2D eigenvalue weighted by molar-refractivity contribution is -0.125. The highest BCUT2D eigenvalue weighted by Gasteiger charge is 2.33. The molecule has 5 nitrogen and oxygen atoms in total. The van der Waals surface area contributed by atoms with Crippen LogP contribution >= 0.6 is 0 Å². The second-order valence-corrected chi connectivity index (χ2v) is 4.93. The Morgan fingerprint density at radius 1 is 1.30 bits per heavy atom. The molecular weight excluding hydrogens is 256 g/mol. The molecule has 2 atom stereocenters. The van der Waals surface area contributed by atoms with E-state index in [0.29, 0.717) is 13.2 Å². The van der Waals surface area contributed by atoms with Crippen LogP contribution in [0.4, 0.5) is 0 Å². The molecule has 1 aromatic rings. The lowest BCUT2D eigenvalue weighted by Gasteiger charge is -2.18. The predicted octanol–water partition coefficient (Wildman–Crippen LogP) is 0.761. The monoisotopic (exact) mass is 278 g/mol. The average Bonchev–Trinajstić information content (AvgIpc) is 2.97. The Labute approximate surface area is 119 Å². The lowest BCUT2D eigenvalue weighted by atomic mass is 9.88. The summed E-state index contributed by atoms with van der Waals surface area (Å²) in [5.74, 6) is 1.11. The average molecular weight is 278 g/mol. The molecule has 5 heteroatoms. The minimum atomic E-state index is -0.0275. The molecule has 0 saturated carbocycles. The zero-order valence-electron chi connectivity index (χ0n) is 12.0. The van der Waals surface area contributed by atoms with Crippen LogP contribution in [0, 0.1) is 5.92 Å². The molecule has 1 aliphatic heterocycles. The van der Waals surface area contributed by atoms with Gasteiger partial charge in [-0.25, -0.2) is 0 Å². The fourth-order valence-corrected chi connectivity index (χ4v) is 2.56. The van der Waals surface area contributed by atoms with Gasteiger partial charge in [-0.05, 0) is 17.7 Å². The van der Waals surface area contributed by atoms with Gasteiger partial charge in [-0.15, -0.1) is 0 Å². The number of rotatable bonds is 6. The zero-order chi connectivity index (χ0) is 14.4. The summed E-state index contributed by atoms with van der Waals surface area (Å²) in [4.78, 5) is 12.2. The van der Waals surface area contributed by atoms with Crippen LogP contribution in [0.25, 0.3) is 0 Å². The number of benzene rings is 1. The van der Waals surface area contributed by atoms with E-state index in [1.165, 1.54) is 5.56 Å². The van der Waals surface area contributed by atoms with Crippen LogP contribution in [0.15, 0.2) is 24.3 Å². The molecule has 2 unspecified atom stereocenters. The van der Waals surface area contributed by atoms with E-state index in [2.05, 4.69) is 10.6 Å². The topological polar surface area (TPSA) is 59.6 Å². The summed E-state index contributed by atoms with van der Waals surface area (Å²) in [6.45, 7) is 2.64. The van der Waals surface area contributed by atoms with Gasteiger partial charge in [0.05, 0.1) is 19.6 Å². The van der Waals surface area contributed by atoms with Gasteiger partial charge in [-0.3, -0.25) is 4.79 Å². The SMILES string of the molecule is COCCNC(=O)C1CNCC1c1ccc(OC)cc1. The highest BCUT2D eigenvalue weighted by atomic mass is 16.5. The number of amides is 1. The molecule has 1 fully saturated rings. The highest BCUT2D eigenvalue weighted by Crippen LogP contribution is 2.29. The van der Waals surface area contributed by atoms with Crippen molar-refractivity contribution in [2.45, 2.75) is 5.92 Å². The maximum absolute atomic E-state index is 12.2. The van der Waals surface area contributed by atoms with Gasteiger partial charge < -0.3 is 20.1 Å². The number of methoxy groups -OCH3 is 2. The van der Waals surface area contributed by atoms with E-state index in [1.54, 1.807) is 14.2 Å². The Kier molecular flexibility index (Phi) is 5.38. The Bertz CT molecular complexity index is 433. The van der Waals surface area contributed by atoms with Gasteiger partial charge in [-0.2, -0.15) is 0 Å². The fourth-order valence-electron chi connectivity index (χ4n) is 2.56. The zero-order valence-corrected chi connectivity index (χ0v) is 12.0. The standard InChI is InChI=1S/C15H22N2O3/c1-19-8-7-17-15(18)14-10-16-9-13(14)11-3-5-12(20-2)6-4-11/h3-6,13-14,16H,7-10H2,1-2H3,(H,17,18). The maximum Gasteiger partial charge on any atom is 0.225 e. The summed E-state index contributed by atoms with van der Waals surface area (Å²) >= 11 is 0. The van der Waals surface area contributed by atoms with Crippen molar-refractivity contribution in [2.24, 2.45) is 5.92 Å². The van der Waals surface area contributed by atoms with E-state index < -0.39 is 0 Å². The van der Waals surface area contributed by atoms with Crippen molar-refractivity contribution in [3.05, 3.63) is 29.8 Å². The molecule has 2 rings (SSSR count). The van der Waals surface area contributed by atoms with E-state index in [1.807, 2.05) is 24.3 Å². The number of ether oxygens (including phenoxy) is 2. The van der Waals surface area contributed by atoms with Crippen molar-refractivity contribution in [3.63, 3.8) is 0 Å². The summed E-state index contributed by atoms with van der Waals surface area (Å²) in [5, 5.41) is 6.22. The van der Waals surface area contributed by atoms with Gasteiger partial charge in [0.25, 0.3) is 0 Å². The summed E-state index contributed by atoms with van der Waals surface area (Å²) in [6, 6.07) is 7.94. The van der Waals surface area contributed by atoms with E-state index in [-0.39, 0.29) is 17.7 Å². The Morgan fingerprint density at radius 2 is 2.05 bits per heavy atom. The third-order valence-corrected chi connectivity index (χ3v) is 3.70. The van der Waals surface area contributed by atoms with Crippen LogP contribution in [0.5, 0.6) is 5.75 Å². The van der Waals surface area contributed by atoms with Crippen LogP contribution < -0.4 is 15.4 Å². The van der Waals surface area contributed by atoms with Crippen molar-refractivity contribution >= 4 is 5.91 Å². The number of carbonyl (C=O) groups excluding carboxylic acids is 1. The number of carbonyl (C=O) groups is 1. The number of hydrogen-bond donors (Lipinski definition) is 2. The van der Waals surface area contributed by atoms with Crippen molar-refractivity contribution < 1.29 is 14.3 Å². The first-order valence-electron chi connectivity index (χ1n) is 6.87. The molecule has 1 aliphatic rings. The smallest absolute Gasteiger partial charge is 0.225 e. The lowest BCUT2D eigenvalue weighted by Crippen LogP contribution is -2.36. The summed E-state index contributed by atoms with van der Waals surface area (Å²) in [5.41, 5.74) is 1.17. The third-order valence-electron chi connectivity index (χ3n) is 3.70. The molecule has 1 aromatic carbocycles. The fraction of sp³-hybridized carbons (Fsp3) is 0.533. The summed E-state index contributed by atoms with van der Waals surface area (Å²) < 4.78 is 10.1. The molecule has 0 spiro atoms. The van der Waals surface area contributed by atoms with Crippen LogP contribution in [-0.4, -0.2) is 46.4 Å². The van der Waals surface area contributed by atoms with Crippen molar-refractivity contribution in [1.82, 2.24) is 10.6 Å². The van der Waals surface area contributed by atoms with Gasteiger partial charge in [0.15, 0.2) is 0 Å². The first kappa shape index (κ1) is 14.8. The van der Waals surface area contributed by atoms with Gasteiger partial charge in [0, 0.05) is 32.7 Å². The minimum absolute atomic E-state index is 0.0275. The minimum Gasteiger partial charge on any atom is -0.497 e. The Balaban J connectivity index is 2.00. The number of nitrogens with one attached hydrogen (secondary N) is 2. The molecule has 0 aromatic heterocycles. The first-order chi connectivity index (χ1) is 9.76. The second-order valence-electron chi connectivity index (χ2n) is 4.93. The molecule has 1 amide bonds. The normalized spacial score (nSPS) is 21.7. The molecule has 0 bridgehead atoms. The largest absolute Gasteiger partial charge is 0.497 e. The Hall–Kier alpha value is -1.59. The van der Waals surface area contributed by atoms with Crippen LogP contribution in [-0.2, 0) is 9.53 Å². The van der Waals surface area contributed by atoms with E-state index in [4.69, 9.17) is 9.47 Å². The van der Waals surface area contributed by atoms with Crippen molar-refractivity contribution in [1.29, 1.82) is 0 Å².